The van der Waals surface area contributed by atoms with Gasteiger partial charge in [-0.2, -0.15) is 0 Å². The molecule has 0 aliphatic heterocycles. The number of carbonyl (C=O) groups is 10. The highest BCUT2D eigenvalue weighted by Gasteiger charge is 2.37. The topological polar surface area (TPSA) is 309 Å². The molecule has 0 aromatic carbocycles. The number of hydrogen-bond donors (Lipinski definition) is 0. The van der Waals surface area contributed by atoms with Crippen LogP contribution in [-0.4, -0.2) is 192 Å². The molecule has 0 N–H and O–H groups in total. The highest BCUT2D eigenvalue weighted by molar-refractivity contribution is 5.83. The van der Waals surface area contributed by atoms with E-state index in [4.69, 9.17) is 71.1 Å². The summed E-state index contributed by atoms with van der Waals surface area (Å²) in [4.78, 5) is 126. The van der Waals surface area contributed by atoms with E-state index in [1.165, 1.54) is 6.92 Å². The van der Waals surface area contributed by atoms with E-state index < -0.39 is 89.3 Å². The fraction of sp³-hybridized carbons (Fsp3) is 0.615. The fourth-order valence-electron chi connectivity index (χ4n) is 6.28. The van der Waals surface area contributed by atoms with E-state index in [-0.39, 0.29) is 164 Å². The van der Waals surface area contributed by atoms with Crippen LogP contribution >= 0.6 is 0 Å². The van der Waals surface area contributed by atoms with Gasteiger partial charge in [0, 0.05) is 30.4 Å². The average Bonchev–Trinajstić information content (AvgIpc) is 3.43. The van der Waals surface area contributed by atoms with Crippen molar-refractivity contribution in [2.24, 2.45) is 29.6 Å². The van der Waals surface area contributed by atoms with Gasteiger partial charge in [0.1, 0.15) is 66.1 Å². The number of hydrogen-bond acceptors (Lipinski definition) is 25. The molecule has 0 bridgehead atoms. The molecule has 0 heterocycles. The molecule has 0 aliphatic carbocycles. The smallest absolute Gasteiger partial charge is 0.330 e. The summed E-state index contributed by atoms with van der Waals surface area (Å²) in [6.07, 6.45) is 3.84. The van der Waals surface area contributed by atoms with Gasteiger partial charge in [-0.1, -0.05) is 46.7 Å². The van der Waals surface area contributed by atoms with Crippen LogP contribution in [0.4, 0.5) is 0 Å². The Hall–Kier alpha value is -6.80. The second-order valence-corrected chi connectivity index (χ2v) is 15.8. The SMILES string of the molecule is C=CC(=O)OCCOCCOC(=O)C(C)CC(CC(CC(CC(CC)C(=O)OCCOCCOC(=O)C=C)C(=O)OCCOCCOC(=O)C=C)C(=O)OCCOCCOC(=O)C=C)C(=O)OCCOCCOC(=O)C=C. The molecule has 5 atom stereocenters. The van der Waals surface area contributed by atoms with Crippen molar-refractivity contribution in [3.8, 4) is 0 Å². The normalized spacial score (nSPS) is 12.5. The van der Waals surface area contributed by atoms with Gasteiger partial charge in [-0.15, -0.1) is 0 Å². The van der Waals surface area contributed by atoms with E-state index in [9.17, 15) is 47.9 Å². The van der Waals surface area contributed by atoms with E-state index >= 15 is 0 Å². The summed E-state index contributed by atoms with van der Waals surface area (Å²) in [5.74, 6) is -13.1. The van der Waals surface area contributed by atoms with Crippen molar-refractivity contribution in [2.75, 3.05) is 132 Å². The van der Waals surface area contributed by atoms with Gasteiger partial charge in [0.05, 0.1) is 95.7 Å². The van der Waals surface area contributed by atoms with Crippen LogP contribution < -0.4 is 0 Å². The zero-order valence-electron chi connectivity index (χ0n) is 44.2. The Balaban J connectivity index is 6.73. The van der Waals surface area contributed by atoms with Gasteiger partial charge >= 0.3 is 59.7 Å². The summed E-state index contributed by atoms with van der Waals surface area (Å²) in [6.45, 7) is 17.1. The molecule has 0 saturated heterocycles. The lowest BCUT2D eigenvalue weighted by molar-refractivity contribution is -0.158. The lowest BCUT2D eigenvalue weighted by atomic mass is 9.80. The first-order valence-electron chi connectivity index (χ1n) is 24.7. The van der Waals surface area contributed by atoms with Crippen molar-refractivity contribution in [3.05, 3.63) is 63.3 Å². The first-order chi connectivity index (χ1) is 37.1. The number of carbonyl (C=O) groups excluding carboxylic acids is 10. The quantitative estimate of drug-likeness (QED) is 0.0366. The zero-order chi connectivity index (χ0) is 57.5. The van der Waals surface area contributed by atoms with Crippen LogP contribution in [-0.2, 0) is 119 Å². The van der Waals surface area contributed by atoms with Gasteiger partial charge in [-0.05, 0) is 32.1 Å². The van der Waals surface area contributed by atoms with Crippen molar-refractivity contribution in [2.45, 2.75) is 46.0 Å². The monoisotopic (exact) mass is 1100 g/mol. The minimum Gasteiger partial charge on any atom is -0.463 e. The number of rotatable bonds is 49. The molecule has 0 aromatic heterocycles. The standard InChI is InChI=1S/C52H76O25/c1-8-39(49(59)74-30-20-64-15-25-69-44(54)10-3)35-41(51(61)76-32-22-66-17-27-71-46(56)12-5)37-42(52(62)77-33-23-67-18-28-72-47(57)13-6)36-40(50(60)75-31-21-65-16-26-70-45(55)11-4)34-38(7)48(58)73-29-19-63-14-24-68-43(53)9-2/h9-13,38-42H,2-6,8,14-37H2,1,7H3. The Morgan fingerprint density at radius 2 is 0.481 bits per heavy atom. The van der Waals surface area contributed by atoms with Gasteiger partial charge in [-0.3, -0.25) is 24.0 Å². The predicted octanol–water partition coefficient (Wildman–Crippen LogP) is 2.50. The second kappa shape index (κ2) is 46.5. The van der Waals surface area contributed by atoms with Crippen LogP contribution in [0.15, 0.2) is 63.3 Å². The predicted molar refractivity (Wildman–Crippen MR) is 267 cm³/mol. The third-order valence-electron chi connectivity index (χ3n) is 10.1. The van der Waals surface area contributed by atoms with Crippen LogP contribution in [0.2, 0.25) is 0 Å². The summed E-state index contributed by atoms with van der Waals surface area (Å²) in [7, 11) is 0. The average molecular weight is 1100 g/mol. The molecule has 77 heavy (non-hydrogen) atoms. The third-order valence-corrected chi connectivity index (χ3v) is 10.1. The number of ether oxygens (including phenoxy) is 15. The van der Waals surface area contributed by atoms with Gasteiger partial charge in [0.25, 0.3) is 0 Å². The van der Waals surface area contributed by atoms with Gasteiger partial charge in [0.15, 0.2) is 0 Å². The largest absolute Gasteiger partial charge is 0.463 e. The highest BCUT2D eigenvalue weighted by Crippen LogP contribution is 2.32. The van der Waals surface area contributed by atoms with Gasteiger partial charge in [-0.25, -0.2) is 24.0 Å². The molecule has 25 nitrogen and oxygen atoms in total. The summed E-state index contributed by atoms with van der Waals surface area (Å²) in [6, 6.07) is 0. The van der Waals surface area contributed by atoms with Crippen LogP contribution in [0.5, 0.6) is 0 Å². The first-order valence-corrected chi connectivity index (χ1v) is 24.7. The molecule has 0 radical (unpaired) electrons. The second-order valence-electron chi connectivity index (χ2n) is 15.8. The van der Waals surface area contributed by atoms with Crippen LogP contribution in [0, 0.1) is 29.6 Å². The molecule has 0 saturated carbocycles. The molecule has 0 aromatic rings. The van der Waals surface area contributed by atoms with Crippen molar-refractivity contribution >= 4 is 59.7 Å². The Labute approximate surface area is 448 Å². The van der Waals surface area contributed by atoms with E-state index in [1.807, 2.05) is 0 Å². The summed E-state index contributed by atoms with van der Waals surface area (Å²) < 4.78 is 78.8. The lowest BCUT2D eigenvalue weighted by Gasteiger charge is -2.27. The summed E-state index contributed by atoms with van der Waals surface area (Å²) in [5.41, 5.74) is 0. The van der Waals surface area contributed by atoms with Crippen molar-refractivity contribution in [1.82, 2.24) is 0 Å². The maximum Gasteiger partial charge on any atom is 0.330 e. The Morgan fingerprint density at radius 1 is 0.286 bits per heavy atom. The van der Waals surface area contributed by atoms with E-state index in [2.05, 4.69) is 32.9 Å². The Kier molecular flexibility index (Phi) is 42.4. The molecule has 0 amide bonds. The van der Waals surface area contributed by atoms with Crippen molar-refractivity contribution in [3.63, 3.8) is 0 Å². The molecule has 5 unspecified atom stereocenters. The van der Waals surface area contributed by atoms with Crippen molar-refractivity contribution < 1.29 is 119 Å². The Morgan fingerprint density at radius 3 is 0.714 bits per heavy atom. The molecule has 0 rings (SSSR count). The van der Waals surface area contributed by atoms with Gasteiger partial charge in [0.2, 0.25) is 0 Å². The molecule has 25 heteroatoms. The first kappa shape index (κ1) is 70.2. The number of esters is 10. The minimum absolute atomic E-state index is 0.00350. The molecule has 0 aliphatic rings. The highest BCUT2D eigenvalue weighted by atomic mass is 16.6. The van der Waals surface area contributed by atoms with E-state index in [1.54, 1.807) is 6.92 Å². The van der Waals surface area contributed by atoms with Crippen LogP contribution in [0.3, 0.4) is 0 Å². The molecule has 434 valence electrons. The molecule has 0 fully saturated rings. The Bertz CT molecular complexity index is 1850. The van der Waals surface area contributed by atoms with Crippen molar-refractivity contribution in [1.29, 1.82) is 0 Å². The van der Waals surface area contributed by atoms with Crippen LogP contribution in [0.25, 0.3) is 0 Å². The van der Waals surface area contributed by atoms with E-state index in [0.717, 1.165) is 30.4 Å². The third kappa shape index (κ3) is 37.6. The summed E-state index contributed by atoms with van der Waals surface area (Å²) >= 11 is 0. The maximum atomic E-state index is 14.2. The van der Waals surface area contributed by atoms with Gasteiger partial charge < -0.3 is 71.1 Å². The molecule has 0 spiro atoms. The lowest BCUT2D eigenvalue weighted by Crippen LogP contribution is -2.34. The molecular formula is C52H76O25. The minimum atomic E-state index is -1.32. The zero-order valence-corrected chi connectivity index (χ0v) is 44.2. The molecular weight excluding hydrogens is 1020 g/mol. The maximum absolute atomic E-state index is 14.2. The summed E-state index contributed by atoms with van der Waals surface area (Å²) in [5, 5.41) is 0. The van der Waals surface area contributed by atoms with E-state index in [0.29, 0.717) is 0 Å². The van der Waals surface area contributed by atoms with Crippen LogP contribution in [0.1, 0.15) is 46.0 Å². The fourth-order valence-corrected chi connectivity index (χ4v) is 6.28.